The van der Waals surface area contributed by atoms with E-state index >= 15 is 0 Å². The van der Waals surface area contributed by atoms with Crippen LogP contribution in [0.5, 0.6) is 0 Å². The van der Waals surface area contributed by atoms with Crippen molar-refractivity contribution in [2.75, 3.05) is 5.32 Å². The van der Waals surface area contributed by atoms with Gasteiger partial charge in [0, 0.05) is 11.3 Å². The topological polar surface area (TPSA) is 94.5 Å². The van der Waals surface area contributed by atoms with Gasteiger partial charge in [-0.25, -0.2) is 4.98 Å². The Hall–Kier alpha value is -3.11. The van der Waals surface area contributed by atoms with Gasteiger partial charge in [0.05, 0.1) is 16.9 Å². The van der Waals surface area contributed by atoms with Gasteiger partial charge in [-0.1, -0.05) is 43.0 Å². The fraction of sp³-hybridized carbons (Fsp3) is 0.200. The lowest BCUT2D eigenvalue weighted by Gasteiger charge is -2.10. The summed E-state index contributed by atoms with van der Waals surface area (Å²) in [6, 6.07) is 16.9. The third kappa shape index (κ3) is 4.74. The molecule has 1 amide bonds. The Kier molecular flexibility index (Phi) is 5.89. The van der Waals surface area contributed by atoms with Crippen LogP contribution in [0.2, 0.25) is 0 Å². The van der Waals surface area contributed by atoms with E-state index in [0.29, 0.717) is 22.2 Å². The molecule has 27 heavy (non-hydrogen) atoms. The number of benzene rings is 2. The summed E-state index contributed by atoms with van der Waals surface area (Å²) in [7, 11) is 0. The van der Waals surface area contributed by atoms with Crippen LogP contribution in [0, 0.1) is 11.3 Å². The molecular formula is C20H19N5OS. The number of H-pyrrole nitrogens is 1. The molecule has 136 valence electrons. The van der Waals surface area contributed by atoms with Crippen LogP contribution in [-0.2, 0) is 11.2 Å². The third-order valence-electron chi connectivity index (χ3n) is 4.03. The molecule has 0 aliphatic rings. The summed E-state index contributed by atoms with van der Waals surface area (Å²) in [4.78, 5) is 16.8. The fourth-order valence-electron chi connectivity index (χ4n) is 2.41. The molecule has 0 saturated heterocycles. The summed E-state index contributed by atoms with van der Waals surface area (Å²) in [5.74, 6) is 0.531. The van der Waals surface area contributed by atoms with Gasteiger partial charge in [-0.2, -0.15) is 5.26 Å². The van der Waals surface area contributed by atoms with Crippen LogP contribution in [0.15, 0.2) is 53.7 Å². The van der Waals surface area contributed by atoms with E-state index in [1.807, 2.05) is 18.2 Å². The Morgan fingerprint density at radius 3 is 2.56 bits per heavy atom. The number of hydrogen-bond donors (Lipinski definition) is 2. The number of thioether (sulfide) groups is 1. The zero-order valence-corrected chi connectivity index (χ0v) is 15.9. The monoisotopic (exact) mass is 377 g/mol. The first-order valence-corrected chi connectivity index (χ1v) is 9.46. The van der Waals surface area contributed by atoms with Gasteiger partial charge in [0.2, 0.25) is 11.1 Å². The van der Waals surface area contributed by atoms with Crippen molar-refractivity contribution >= 4 is 23.4 Å². The lowest BCUT2D eigenvalue weighted by molar-refractivity contribution is -0.115. The van der Waals surface area contributed by atoms with Crippen LogP contribution in [-0.4, -0.2) is 26.3 Å². The minimum Gasteiger partial charge on any atom is -0.325 e. The number of nitriles is 1. The number of nitrogens with one attached hydrogen (secondary N) is 2. The molecule has 1 aromatic heterocycles. The maximum atomic E-state index is 12.4. The molecule has 7 heteroatoms. The van der Waals surface area contributed by atoms with Crippen molar-refractivity contribution < 1.29 is 4.79 Å². The summed E-state index contributed by atoms with van der Waals surface area (Å²) >= 11 is 1.28. The number of amides is 1. The molecule has 0 aliphatic heterocycles. The van der Waals surface area contributed by atoms with E-state index in [-0.39, 0.29) is 11.2 Å². The van der Waals surface area contributed by atoms with E-state index in [1.54, 1.807) is 31.2 Å². The third-order valence-corrected chi connectivity index (χ3v) is 4.99. The van der Waals surface area contributed by atoms with Crippen molar-refractivity contribution in [3.8, 4) is 17.5 Å². The highest BCUT2D eigenvalue weighted by Gasteiger charge is 2.17. The molecule has 3 aromatic rings. The molecule has 0 spiro atoms. The number of anilines is 1. The van der Waals surface area contributed by atoms with Crippen molar-refractivity contribution in [2.24, 2.45) is 0 Å². The van der Waals surface area contributed by atoms with Crippen molar-refractivity contribution in [1.82, 2.24) is 15.2 Å². The maximum Gasteiger partial charge on any atom is 0.237 e. The van der Waals surface area contributed by atoms with Crippen molar-refractivity contribution in [1.29, 1.82) is 5.26 Å². The number of hydrogen-bond acceptors (Lipinski definition) is 5. The van der Waals surface area contributed by atoms with Crippen molar-refractivity contribution in [2.45, 2.75) is 30.7 Å². The normalized spacial score (nSPS) is 11.6. The number of nitrogens with zero attached hydrogens (tertiary/aromatic N) is 3. The van der Waals surface area contributed by atoms with Crippen molar-refractivity contribution in [3.63, 3.8) is 0 Å². The van der Waals surface area contributed by atoms with Gasteiger partial charge in [0.1, 0.15) is 0 Å². The number of aromatic nitrogens is 3. The Bertz CT molecular complexity index is 957. The molecule has 2 aromatic carbocycles. The fourth-order valence-corrected chi connectivity index (χ4v) is 3.13. The molecular weight excluding hydrogens is 358 g/mol. The Labute approximate surface area is 162 Å². The largest absolute Gasteiger partial charge is 0.325 e. The van der Waals surface area contributed by atoms with Crippen molar-refractivity contribution in [3.05, 3.63) is 59.7 Å². The van der Waals surface area contributed by atoms with E-state index in [0.717, 1.165) is 12.0 Å². The van der Waals surface area contributed by atoms with Crippen LogP contribution in [0.3, 0.4) is 0 Å². The molecule has 1 heterocycles. The molecule has 0 unspecified atom stereocenters. The van der Waals surface area contributed by atoms with E-state index < -0.39 is 0 Å². The van der Waals surface area contributed by atoms with Crippen LogP contribution < -0.4 is 5.32 Å². The molecule has 0 bridgehead atoms. The van der Waals surface area contributed by atoms with Gasteiger partial charge >= 0.3 is 0 Å². The zero-order valence-electron chi connectivity index (χ0n) is 15.1. The van der Waals surface area contributed by atoms with Gasteiger partial charge in [0.25, 0.3) is 0 Å². The summed E-state index contributed by atoms with van der Waals surface area (Å²) in [5.41, 5.74) is 3.43. The first-order valence-electron chi connectivity index (χ1n) is 8.58. The summed E-state index contributed by atoms with van der Waals surface area (Å²) in [6.45, 7) is 3.91. The SMILES string of the molecule is CCc1ccc(-c2nc(S[C@H](C)C(=O)Nc3ccc(C#N)cc3)n[nH]2)cc1. The highest BCUT2D eigenvalue weighted by molar-refractivity contribution is 8.00. The second-order valence-electron chi connectivity index (χ2n) is 5.96. The average Bonchev–Trinajstić information content (AvgIpc) is 3.17. The lowest BCUT2D eigenvalue weighted by atomic mass is 10.1. The molecule has 0 radical (unpaired) electrons. The van der Waals surface area contributed by atoms with Crippen LogP contribution in [0.4, 0.5) is 5.69 Å². The first-order chi connectivity index (χ1) is 13.1. The molecule has 0 aliphatic carbocycles. The number of carbonyl (C=O) groups is 1. The highest BCUT2D eigenvalue weighted by atomic mass is 32.2. The summed E-state index contributed by atoms with van der Waals surface area (Å²) in [6.07, 6.45) is 0.990. The maximum absolute atomic E-state index is 12.4. The molecule has 1 atom stereocenters. The minimum absolute atomic E-state index is 0.150. The highest BCUT2D eigenvalue weighted by Crippen LogP contribution is 2.24. The second-order valence-corrected chi connectivity index (χ2v) is 7.26. The van der Waals surface area contributed by atoms with Crippen LogP contribution >= 0.6 is 11.8 Å². The van der Waals surface area contributed by atoms with E-state index in [2.05, 4.69) is 39.6 Å². The second kappa shape index (κ2) is 8.52. The van der Waals surface area contributed by atoms with E-state index in [1.165, 1.54) is 17.3 Å². The number of aromatic amines is 1. The van der Waals surface area contributed by atoms with Crippen LogP contribution in [0.25, 0.3) is 11.4 Å². The van der Waals surface area contributed by atoms with Gasteiger partial charge < -0.3 is 5.32 Å². The zero-order chi connectivity index (χ0) is 19.2. The Morgan fingerprint density at radius 2 is 1.93 bits per heavy atom. The predicted molar refractivity (Wildman–Crippen MR) is 106 cm³/mol. The smallest absolute Gasteiger partial charge is 0.237 e. The number of carbonyl (C=O) groups excluding carboxylic acids is 1. The molecule has 0 saturated carbocycles. The van der Waals surface area contributed by atoms with Gasteiger partial charge in [-0.3, -0.25) is 9.89 Å². The molecule has 0 fully saturated rings. The average molecular weight is 377 g/mol. The summed E-state index contributed by atoms with van der Waals surface area (Å²) in [5, 5.41) is 18.9. The Morgan fingerprint density at radius 1 is 1.22 bits per heavy atom. The van der Waals surface area contributed by atoms with Gasteiger partial charge in [0.15, 0.2) is 5.82 Å². The van der Waals surface area contributed by atoms with Gasteiger partial charge in [-0.05, 0) is 43.2 Å². The standard InChI is InChI=1S/C20H19N5OS/c1-3-14-4-8-16(9-5-14)18-23-20(25-24-18)27-13(2)19(26)22-17-10-6-15(12-21)7-11-17/h4-11,13H,3H2,1-2H3,(H,22,26)(H,23,24,25)/t13-/m1/s1. The van der Waals surface area contributed by atoms with E-state index in [4.69, 9.17) is 5.26 Å². The lowest BCUT2D eigenvalue weighted by Crippen LogP contribution is -2.22. The molecule has 3 rings (SSSR count). The number of rotatable bonds is 6. The Balaban J connectivity index is 1.61. The van der Waals surface area contributed by atoms with E-state index in [9.17, 15) is 4.79 Å². The summed E-state index contributed by atoms with van der Waals surface area (Å²) < 4.78 is 0. The molecule has 6 nitrogen and oxygen atoms in total. The number of aryl methyl sites for hydroxylation is 1. The molecule has 2 N–H and O–H groups in total. The quantitative estimate of drug-likeness (QED) is 0.633. The minimum atomic E-state index is -0.369. The first kappa shape index (κ1) is 18.7. The van der Waals surface area contributed by atoms with Crippen LogP contribution in [0.1, 0.15) is 25.0 Å². The predicted octanol–water partition coefficient (Wildman–Crippen LogP) is 4.03. The van der Waals surface area contributed by atoms with Gasteiger partial charge in [-0.15, -0.1) is 5.10 Å².